The third-order valence-electron chi connectivity index (χ3n) is 2.64. The zero-order chi connectivity index (χ0) is 14.4. The molecule has 106 valence electrons. The standard InChI is InChI=1S/C13H15FN4OS/c1-15-11(19)6-7-16-13-18-17-12(20-13)8-9-2-4-10(14)5-3-9/h2-5H,6-8H2,1H3,(H,15,19)(H,16,18). The van der Waals surface area contributed by atoms with Crippen molar-refractivity contribution in [2.24, 2.45) is 0 Å². The van der Waals surface area contributed by atoms with E-state index in [1.165, 1.54) is 23.5 Å². The minimum absolute atomic E-state index is 0.0199. The minimum atomic E-state index is -0.248. The Balaban J connectivity index is 1.85. The third-order valence-corrected chi connectivity index (χ3v) is 3.52. The third kappa shape index (κ3) is 4.27. The summed E-state index contributed by atoms with van der Waals surface area (Å²) in [5.41, 5.74) is 0.986. The van der Waals surface area contributed by atoms with Gasteiger partial charge in [-0.05, 0) is 17.7 Å². The van der Waals surface area contributed by atoms with E-state index in [0.29, 0.717) is 24.5 Å². The summed E-state index contributed by atoms with van der Waals surface area (Å²) in [6.07, 6.45) is 1.01. The molecule has 0 aliphatic heterocycles. The summed E-state index contributed by atoms with van der Waals surface area (Å²) in [5.74, 6) is -0.267. The van der Waals surface area contributed by atoms with Crippen LogP contribution in [0.25, 0.3) is 0 Å². The van der Waals surface area contributed by atoms with Crippen molar-refractivity contribution in [1.82, 2.24) is 15.5 Å². The van der Waals surface area contributed by atoms with Gasteiger partial charge in [0.25, 0.3) is 0 Å². The molecule has 1 heterocycles. The van der Waals surface area contributed by atoms with Crippen molar-refractivity contribution in [3.8, 4) is 0 Å². The molecule has 0 aliphatic rings. The summed E-state index contributed by atoms with van der Waals surface area (Å²) in [7, 11) is 1.61. The lowest BCUT2D eigenvalue weighted by atomic mass is 10.2. The van der Waals surface area contributed by atoms with E-state index in [1.807, 2.05) is 0 Å². The van der Waals surface area contributed by atoms with E-state index in [1.54, 1.807) is 19.2 Å². The second-order valence-corrected chi connectivity index (χ2v) is 5.22. The Hall–Kier alpha value is -2.02. The number of hydrogen-bond donors (Lipinski definition) is 2. The van der Waals surface area contributed by atoms with Gasteiger partial charge >= 0.3 is 0 Å². The lowest BCUT2D eigenvalue weighted by Crippen LogP contribution is -2.20. The van der Waals surface area contributed by atoms with Crippen molar-refractivity contribution in [3.63, 3.8) is 0 Å². The van der Waals surface area contributed by atoms with Gasteiger partial charge in [0.05, 0.1) is 0 Å². The summed E-state index contributed by atoms with van der Waals surface area (Å²) < 4.78 is 12.8. The minimum Gasteiger partial charge on any atom is -0.360 e. The van der Waals surface area contributed by atoms with Crippen LogP contribution in [0.3, 0.4) is 0 Å². The van der Waals surface area contributed by atoms with Crippen molar-refractivity contribution in [1.29, 1.82) is 0 Å². The first-order valence-corrected chi connectivity index (χ1v) is 7.00. The highest BCUT2D eigenvalue weighted by atomic mass is 32.1. The summed E-state index contributed by atoms with van der Waals surface area (Å²) >= 11 is 1.43. The van der Waals surface area contributed by atoms with Gasteiger partial charge in [-0.3, -0.25) is 4.79 Å². The first kappa shape index (κ1) is 14.4. The maximum Gasteiger partial charge on any atom is 0.221 e. The fourth-order valence-corrected chi connectivity index (χ4v) is 2.38. The lowest BCUT2D eigenvalue weighted by Gasteiger charge is -2.00. The summed E-state index contributed by atoms with van der Waals surface area (Å²) in [6.45, 7) is 0.519. The van der Waals surface area contributed by atoms with E-state index in [2.05, 4.69) is 20.8 Å². The fraction of sp³-hybridized carbons (Fsp3) is 0.308. The molecule has 0 unspecified atom stereocenters. The summed E-state index contributed by atoms with van der Waals surface area (Å²) in [6, 6.07) is 6.32. The highest BCUT2D eigenvalue weighted by Crippen LogP contribution is 2.18. The fourth-order valence-electron chi connectivity index (χ4n) is 1.58. The molecule has 7 heteroatoms. The molecule has 0 fully saturated rings. The van der Waals surface area contributed by atoms with E-state index in [0.717, 1.165) is 10.6 Å². The highest BCUT2D eigenvalue weighted by Gasteiger charge is 2.06. The number of halogens is 1. The van der Waals surface area contributed by atoms with Crippen molar-refractivity contribution in [2.75, 3.05) is 18.9 Å². The molecule has 0 saturated carbocycles. The number of hydrogen-bond acceptors (Lipinski definition) is 5. The van der Waals surface area contributed by atoms with Gasteiger partial charge in [0, 0.05) is 26.4 Å². The topological polar surface area (TPSA) is 66.9 Å². The van der Waals surface area contributed by atoms with Gasteiger partial charge in [-0.1, -0.05) is 23.5 Å². The number of amides is 1. The van der Waals surface area contributed by atoms with E-state index in [4.69, 9.17) is 0 Å². The Morgan fingerprint density at radius 2 is 2.05 bits per heavy atom. The molecule has 2 rings (SSSR count). The molecule has 20 heavy (non-hydrogen) atoms. The van der Waals surface area contributed by atoms with Crippen LogP contribution >= 0.6 is 11.3 Å². The quantitative estimate of drug-likeness (QED) is 0.853. The Kier molecular flexibility index (Phi) is 5.00. The Morgan fingerprint density at radius 3 is 2.75 bits per heavy atom. The average Bonchev–Trinajstić information content (AvgIpc) is 2.89. The van der Waals surface area contributed by atoms with Crippen LogP contribution in [0, 0.1) is 5.82 Å². The first-order chi connectivity index (χ1) is 9.67. The number of anilines is 1. The Labute approximate surface area is 120 Å². The van der Waals surface area contributed by atoms with Crippen LogP contribution in [0.15, 0.2) is 24.3 Å². The van der Waals surface area contributed by atoms with Crippen LogP contribution in [0.5, 0.6) is 0 Å². The van der Waals surface area contributed by atoms with Crippen LogP contribution in [0.1, 0.15) is 17.0 Å². The Morgan fingerprint density at radius 1 is 1.30 bits per heavy atom. The molecule has 2 N–H and O–H groups in total. The van der Waals surface area contributed by atoms with E-state index >= 15 is 0 Å². The van der Waals surface area contributed by atoms with Crippen LogP contribution in [0.2, 0.25) is 0 Å². The maximum atomic E-state index is 12.8. The molecule has 1 amide bonds. The average molecular weight is 294 g/mol. The number of aromatic nitrogens is 2. The number of nitrogens with one attached hydrogen (secondary N) is 2. The predicted octanol–water partition coefficient (Wildman–Crippen LogP) is 1.82. The molecular formula is C13H15FN4OS. The number of carbonyl (C=O) groups excluding carboxylic acids is 1. The largest absolute Gasteiger partial charge is 0.360 e. The maximum absolute atomic E-state index is 12.8. The molecule has 5 nitrogen and oxygen atoms in total. The molecule has 0 aliphatic carbocycles. The molecule has 0 radical (unpaired) electrons. The van der Waals surface area contributed by atoms with Crippen LogP contribution in [0.4, 0.5) is 9.52 Å². The smallest absolute Gasteiger partial charge is 0.221 e. The lowest BCUT2D eigenvalue weighted by molar-refractivity contribution is -0.120. The van der Waals surface area contributed by atoms with E-state index < -0.39 is 0 Å². The number of benzene rings is 1. The predicted molar refractivity (Wildman–Crippen MR) is 76.3 cm³/mol. The van der Waals surface area contributed by atoms with Crippen molar-refractivity contribution in [2.45, 2.75) is 12.8 Å². The second kappa shape index (κ2) is 6.95. The van der Waals surface area contributed by atoms with Gasteiger partial charge in [0.2, 0.25) is 11.0 Å². The molecule has 0 bridgehead atoms. The van der Waals surface area contributed by atoms with Gasteiger partial charge in [0.1, 0.15) is 10.8 Å². The van der Waals surface area contributed by atoms with Crippen LogP contribution in [-0.2, 0) is 11.2 Å². The van der Waals surface area contributed by atoms with Gasteiger partial charge in [-0.25, -0.2) is 4.39 Å². The molecule has 2 aromatic rings. The van der Waals surface area contributed by atoms with Gasteiger partial charge in [-0.2, -0.15) is 0 Å². The van der Waals surface area contributed by atoms with Crippen molar-refractivity contribution in [3.05, 3.63) is 40.7 Å². The molecule has 1 aromatic carbocycles. The molecule has 0 atom stereocenters. The molecule has 1 aromatic heterocycles. The van der Waals surface area contributed by atoms with Crippen molar-refractivity contribution < 1.29 is 9.18 Å². The van der Waals surface area contributed by atoms with E-state index in [-0.39, 0.29) is 11.7 Å². The SMILES string of the molecule is CNC(=O)CCNc1nnc(Cc2ccc(F)cc2)s1. The zero-order valence-electron chi connectivity index (χ0n) is 11.0. The van der Waals surface area contributed by atoms with Crippen LogP contribution < -0.4 is 10.6 Å². The summed E-state index contributed by atoms with van der Waals surface area (Å²) in [4.78, 5) is 11.1. The van der Waals surface area contributed by atoms with E-state index in [9.17, 15) is 9.18 Å². The highest BCUT2D eigenvalue weighted by molar-refractivity contribution is 7.15. The number of carbonyl (C=O) groups is 1. The first-order valence-electron chi connectivity index (χ1n) is 6.18. The number of nitrogens with zero attached hydrogens (tertiary/aromatic N) is 2. The van der Waals surface area contributed by atoms with Gasteiger partial charge < -0.3 is 10.6 Å². The Bertz CT molecular complexity index is 570. The van der Waals surface area contributed by atoms with Crippen LogP contribution in [-0.4, -0.2) is 29.7 Å². The zero-order valence-corrected chi connectivity index (χ0v) is 11.8. The monoisotopic (exact) mass is 294 g/mol. The molecular weight excluding hydrogens is 279 g/mol. The summed E-state index contributed by atoms with van der Waals surface area (Å²) in [5, 5.41) is 15.2. The van der Waals surface area contributed by atoms with Gasteiger partial charge in [0.15, 0.2) is 0 Å². The van der Waals surface area contributed by atoms with Gasteiger partial charge in [-0.15, -0.1) is 10.2 Å². The normalized spacial score (nSPS) is 10.3. The second-order valence-electron chi connectivity index (χ2n) is 4.15. The molecule has 0 saturated heterocycles. The molecule has 0 spiro atoms. The van der Waals surface area contributed by atoms with Crippen molar-refractivity contribution >= 4 is 22.4 Å². The number of rotatable bonds is 6.